The van der Waals surface area contributed by atoms with Crippen molar-refractivity contribution >= 4 is 11.9 Å². The molecule has 0 bridgehead atoms. The zero-order chi connectivity index (χ0) is 20.5. The number of nitrogens with one attached hydrogen (secondary N) is 2. The highest BCUT2D eigenvalue weighted by molar-refractivity contribution is 5.79. The molecule has 7 heteroatoms. The molecular weight excluding hydrogens is 356 g/mol. The lowest BCUT2D eigenvalue weighted by molar-refractivity contribution is -0.122. The molecule has 0 saturated heterocycles. The molecule has 0 aliphatic rings. The molecule has 0 aliphatic heterocycles. The average Bonchev–Trinajstić information content (AvgIpc) is 2.62. The molecule has 0 radical (unpaired) electrons. The molecule has 1 heterocycles. The Morgan fingerprint density at radius 3 is 2.61 bits per heavy atom. The van der Waals surface area contributed by atoms with E-state index in [1.165, 1.54) is 5.56 Å². The zero-order valence-corrected chi connectivity index (χ0v) is 17.0. The molecule has 1 aromatic carbocycles. The van der Waals surface area contributed by atoms with Crippen LogP contribution in [0.4, 0.5) is 5.95 Å². The van der Waals surface area contributed by atoms with E-state index in [1.807, 2.05) is 45.9 Å². The van der Waals surface area contributed by atoms with Crippen molar-refractivity contribution in [2.45, 2.75) is 34.1 Å². The number of nitrogens with zero attached hydrogens (tertiary/aromatic N) is 2. The summed E-state index contributed by atoms with van der Waals surface area (Å²) in [5, 5.41) is 5.85. The average molecular weight is 384 g/mol. The van der Waals surface area contributed by atoms with Crippen molar-refractivity contribution in [2.75, 3.05) is 25.1 Å². The summed E-state index contributed by atoms with van der Waals surface area (Å²) in [5.41, 5.74) is 3.72. The molecular formula is C21H28N4O3. The fourth-order valence-electron chi connectivity index (χ4n) is 2.41. The second kappa shape index (κ2) is 10.3. The number of amides is 1. The smallest absolute Gasteiger partial charge is 0.262 e. The van der Waals surface area contributed by atoms with Crippen LogP contribution in [0.25, 0.3) is 0 Å². The molecule has 150 valence electrons. The zero-order valence-electron chi connectivity index (χ0n) is 17.0. The second-order valence-electron chi connectivity index (χ2n) is 6.47. The van der Waals surface area contributed by atoms with Crippen LogP contribution < -0.4 is 20.1 Å². The predicted octanol–water partition coefficient (Wildman–Crippen LogP) is 3.31. The van der Waals surface area contributed by atoms with Crippen molar-refractivity contribution in [3.63, 3.8) is 0 Å². The Balaban J connectivity index is 1.73. The summed E-state index contributed by atoms with van der Waals surface area (Å²) in [4.78, 5) is 20.6. The van der Waals surface area contributed by atoms with Gasteiger partial charge in [-0.2, -0.15) is 4.98 Å². The number of ether oxygens (including phenoxy) is 2. The number of aromatic nitrogens is 2. The van der Waals surface area contributed by atoms with Crippen LogP contribution in [0.5, 0.6) is 11.6 Å². The van der Waals surface area contributed by atoms with E-state index >= 15 is 0 Å². The first-order valence-corrected chi connectivity index (χ1v) is 9.27. The maximum Gasteiger partial charge on any atom is 0.262 e. The van der Waals surface area contributed by atoms with Crippen LogP contribution in [-0.2, 0) is 4.79 Å². The number of benzene rings is 1. The van der Waals surface area contributed by atoms with Crippen molar-refractivity contribution in [1.82, 2.24) is 15.3 Å². The van der Waals surface area contributed by atoms with Crippen LogP contribution in [0, 0.1) is 20.8 Å². The van der Waals surface area contributed by atoms with Crippen molar-refractivity contribution < 1.29 is 14.3 Å². The van der Waals surface area contributed by atoms with Gasteiger partial charge in [0.2, 0.25) is 11.8 Å². The lowest BCUT2D eigenvalue weighted by Gasteiger charge is -2.12. The van der Waals surface area contributed by atoms with Crippen LogP contribution >= 0.6 is 0 Å². The number of hydrogen-bond acceptors (Lipinski definition) is 6. The number of carbonyl (C=O) groups excluding carboxylic acids is 1. The van der Waals surface area contributed by atoms with E-state index in [1.54, 1.807) is 6.07 Å². The molecule has 0 unspecified atom stereocenters. The van der Waals surface area contributed by atoms with Gasteiger partial charge >= 0.3 is 0 Å². The van der Waals surface area contributed by atoms with Gasteiger partial charge in [-0.15, -0.1) is 0 Å². The monoisotopic (exact) mass is 384 g/mol. The van der Waals surface area contributed by atoms with Crippen LogP contribution in [-0.4, -0.2) is 35.6 Å². The summed E-state index contributed by atoms with van der Waals surface area (Å²) >= 11 is 0. The Bertz CT molecular complexity index is 836. The number of rotatable bonds is 10. The number of hydrogen-bond donors (Lipinski definition) is 2. The SMILES string of the molecule is C=C(CCNc1nc(C)cc(OCC)n1)NC(=O)COc1ccc(C)c(C)c1. The minimum Gasteiger partial charge on any atom is -0.484 e. The Labute approximate surface area is 166 Å². The molecule has 28 heavy (non-hydrogen) atoms. The molecule has 7 nitrogen and oxygen atoms in total. The van der Waals surface area contributed by atoms with Gasteiger partial charge in [0.15, 0.2) is 6.61 Å². The van der Waals surface area contributed by atoms with Crippen LogP contribution in [0.1, 0.15) is 30.2 Å². The highest BCUT2D eigenvalue weighted by atomic mass is 16.5. The lowest BCUT2D eigenvalue weighted by Crippen LogP contribution is -2.28. The third-order valence-corrected chi connectivity index (χ3v) is 4.00. The number of anilines is 1. The molecule has 2 aromatic rings. The van der Waals surface area contributed by atoms with Gasteiger partial charge in [0.25, 0.3) is 5.91 Å². The first-order chi connectivity index (χ1) is 13.4. The molecule has 2 rings (SSSR count). The summed E-state index contributed by atoms with van der Waals surface area (Å²) in [7, 11) is 0. The van der Waals surface area contributed by atoms with E-state index in [2.05, 4.69) is 27.2 Å². The third kappa shape index (κ3) is 6.90. The Kier molecular flexibility index (Phi) is 7.80. The fourth-order valence-corrected chi connectivity index (χ4v) is 2.41. The number of carbonyl (C=O) groups is 1. The number of aryl methyl sites for hydroxylation is 3. The van der Waals surface area contributed by atoms with Crippen molar-refractivity contribution in [1.29, 1.82) is 0 Å². The highest BCUT2D eigenvalue weighted by Crippen LogP contribution is 2.16. The van der Waals surface area contributed by atoms with E-state index in [0.717, 1.165) is 11.3 Å². The van der Waals surface area contributed by atoms with Gasteiger partial charge in [-0.1, -0.05) is 12.6 Å². The van der Waals surface area contributed by atoms with E-state index < -0.39 is 0 Å². The summed E-state index contributed by atoms with van der Waals surface area (Å²) in [6.07, 6.45) is 0.538. The standard InChI is InChI=1S/C21H28N4O3/c1-6-27-20-12-17(5)24-21(25-20)22-10-9-16(4)23-19(26)13-28-18-8-7-14(2)15(3)11-18/h7-8,11-12H,4,6,9-10,13H2,1-3,5H3,(H,23,26)(H,22,24,25). The molecule has 1 aromatic heterocycles. The van der Waals surface area contributed by atoms with Crippen molar-refractivity contribution in [3.05, 3.63) is 53.4 Å². The summed E-state index contributed by atoms with van der Waals surface area (Å²) in [5.74, 6) is 1.45. The molecule has 0 fully saturated rings. The maximum absolute atomic E-state index is 12.0. The van der Waals surface area contributed by atoms with Gasteiger partial charge in [0.05, 0.1) is 6.61 Å². The predicted molar refractivity (Wildman–Crippen MR) is 110 cm³/mol. The first-order valence-electron chi connectivity index (χ1n) is 9.27. The topological polar surface area (TPSA) is 85.4 Å². The highest BCUT2D eigenvalue weighted by Gasteiger charge is 2.07. The quantitative estimate of drug-likeness (QED) is 0.654. The van der Waals surface area contributed by atoms with Crippen LogP contribution in [0.15, 0.2) is 36.5 Å². The normalized spacial score (nSPS) is 10.3. The van der Waals surface area contributed by atoms with E-state index in [9.17, 15) is 4.79 Å². The Morgan fingerprint density at radius 2 is 1.89 bits per heavy atom. The van der Waals surface area contributed by atoms with E-state index in [-0.39, 0.29) is 12.5 Å². The molecule has 0 aliphatic carbocycles. The minimum atomic E-state index is -0.242. The summed E-state index contributed by atoms with van der Waals surface area (Å²) < 4.78 is 10.9. The molecule has 0 spiro atoms. The third-order valence-electron chi connectivity index (χ3n) is 4.00. The maximum atomic E-state index is 12.0. The van der Waals surface area contributed by atoms with Gasteiger partial charge in [0.1, 0.15) is 5.75 Å². The van der Waals surface area contributed by atoms with Crippen molar-refractivity contribution in [2.24, 2.45) is 0 Å². The van der Waals surface area contributed by atoms with Gasteiger partial charge in [-0.05, 0) is 51.0 Å². The summed E-state index contributed by atoms with van der Waals surface area (Å²) in [6, 6.07) is 7.52. The van der Waals surface area contributed by atoms with Crippen LogP contribution in [0.3, 0.4) is 0 Å². The fraction of sp³-hybridized carbons (Fsp3) is 0.381. The Hall–Kier alpha value is -3.09. The molecule has 1 amide bonds. The van der Waals surface area contributed by atoms with E-state index in [0.29, 0.717) is 42.8 Å². The van der Waals surface area contributed by atoms with Gasteiger partial charge < -0.3 is 20.1 Å². The van der Waals surface area contributed by atoms with Gasteiger partial charge in [0, 0.05) is 30.4 Å². The van der Waals surface area contributed by atoms with E-state index in [4.69, 9.17) is 9.47 Å². The Morgan fingerprint density at radius 1 is 1.11 bits per heavy atom. The van der Waals surface area contributed by atoms with Crippen LogP contribution in [0.2, 0.25) is 0 Å². The minimum absolute atomic E-state index is 0.0618. The van der Waals surface area contributed by atoms with Gasteiger partial charge in [-0.3, -0.25) is 4.79 Å². The largest absolute Gasteiger partial charge is 0.484 e. The molecule has 0 atom stereocenters. The van der Waals surface area contributed by atoms with Gasteiger partial charge in [-0.25, -0.2) is 4.98 Å². The molecule has 2 N–H and O–H groups in total. The van der Waals surface area contributed by atoms with Crippen molar-refractivity contribution in [3.8, 4) is 11.6 Å². The lowest BCUT2D eigenvalue weighted by atomic mass is 10.1. The first kappa shape index (κ1) is 21.2. The summed E-state index contributed by atoms with van der Waals surface area (Å²) in [6.45, 7) is 12.7. The second-order valence-corrected chi connectivity index (χ2v) is 6.47. The molecule has 0 saturated carbocycles.